The summed E-state index contributed by atoms with van der Waals surface area (Å²) in [5, 5.41) is 2.64. The van der Waals surface area contributed by atoms with Gasteiger partial charge < -0.3 is 16.0 Å². The Hall–Kier alpha value is -0.850. The van der Waals surface area contributed by atoms with E-state index in [0.29, 0.717) is 19.5 Å². The van der Waals surface area contributed by atoms with Crippen molar-refractivity contribution in [2.75, 3.05) is 46.3 Å². The summed E-state index contributed by atoms with van der Waals surface area (Å²) in [5.74, 6) is 0.274. The van der Waals surface area contributed by atoms with Gasteiger partial charge in [0.15, 0.2) is 0 Å². The lowest BCUT2D eigenvalue weighted by atomic mass is 9.71. The molecular weight excluding hydrogens is 316 g/mol. The summed E-state index contributed by atoms with van der Waals surface area (Å²) in [6.07, 6.45) is 6.44. The standard InChI is InChI=1S/C16H30N4O2.ClH/c1-18-14(21)12-19-7-9-20(10-8-19)15(22)11-16(13-17)5-3-2-4-6-16;/h2-13,17H2,1H3,(H,18,21);1H. The third kappa shape index (κ3) is 5.62. The van der Waals surface area contributed by atoms with Gasteiger partial charge in [0.05, 0.1) is 6.54 Å². The highest BCUT2D eigenvalue weighted by Gasteiger charge is 2.35. The molecule has 134 valence electrons. The number of halogens is 1. The number of nitrogens with two attached hydrogens (primary N) is 1. The van der Waals surface area contributed by atoms with E-state index in [2.05, 4.69) is 10.2 Å². The van der Waals surface area contributed by atoms with Gasteiger partial charge in [-0.05, 0) is 24.8 Å². The molecule has 6 nitrogen and oxygen atoms in total. The van der Waals surface area contributed by atoms with Crippen molar-refractivity contribution in [3.05, 3.63) is 0 Å². The molecule has 1 saturated carbocycles. The normalized spacial score (nSPS) is 21.4. The van der Waals surface area contributed by atoms with Crippen molar-refractivity contribution < 1.29 is 9.59 Å². The van der Waals surface area contributed by atoms with E-state index in [4.69, 9.17) is 5.73 Å². The van der Waals surface area contributed by atoms with E-state index in [1.54, 1.807) is 7.05 Å². The molecule has 0 aromatic heterocycles. The van der Waals surface area contributed by atoms with Crippen LogP contribution in [0.1, 0.15) is 38.5 Å². The van der Waals surface area contributed by atoms with Crippen LogP contribution in [0.2, 0.25) is 0 Å². The smallest absolute Gasteiger partial charge is 0.233 e. The first-order valence-corrected chi connectivity index (χ1v) is 8.49. The zero-order valence-electron chi connectivity index (χ0n) is 14.2. The third-order valence-electron chi connectivity index (χ3n) is 5.24. The summed E-state index contributed by atoms with van der Waals surface area (Å²) >= 11 is 0. The molecule has 2 aliphatic rings. The topological polar surface area (TPSA) is 78.7 Å². The zero-order chi connectivity index (χ0) is 16.0. The van der Waals surface area contributed by atoms with Gasteiger partial charge in [0.1, 0.15) is 0 Å². The van der Waals surface area contributed by atoms with E-state index in [1.165, 1.54) is 19.3 Å². The molecule has 1 saturated heterocycles. The number of nitrogens with zero attached hydrogens (tertiary/aromatic N) is 2. The highest BCUT2D eigenvalue weighted by molar-refractivity contribution is 5.85. The van der Waals surface area contributed by atoms with Gasteiger partial charge in [0, 0.05) is 39.6 Å². The number of amides is 2. The summed E-state index contributed by atoms with van der Waals surface area (Å²) < 4.78 is 0. The first-order chi connectivity index (χ1) is 10.6. The number of carbonyl (C=O) groups excluding carboxylic acids is 2. The van der Waals surface area contributed by atoms with Crippen LogP contribution in [0.3, 0.4) is 0 Å². The lowest BCUT2D eigenvalue weighted by Crippen LogP contribution is -2.52. The molecule has 0 aromatic carbocycles. The van der Waals surface area contributed by atoms with E-state index >= 15 is 0 Å². The molecular formula is C16H31ClN4O2. The SMILES string of the molecule is CNC(=O)CN1CCN(C(=O)CC2(CN)CCCCC2)CC1.Cl. The Morgan fingerprint density at radius 3 is 2.22 bits per heavy atom. The molecule has 0 spiro atoms. The molecule has 1 aliphatic heterocycles. The Morgan fingerprint density at radius 2 is 1.70 bits per heavy atom. The fourth-order valence-corrected chi connectivity index (χ4v) is 3.62. The number of carbonyl (C=O) groups is 2. The van der Waals surface area contributed by atoms with Crippen molar-refractivity contribution in [1.82, 2.24) is 15.1 Å². The highest BCUT2D eigenvalue weighted by atomic mass is 35.5. The van der Waals surface area contributed by atoms with E-state index in [0.717, 1.165) is 39.0 Å². The molecule has 1 aliphatic carbocycles. The quantitative estimate of drug-likeness (QED) is 0.764. The summed E-state index contributed by atoms with van der Waals surface area (Å²) in [7, 11) is 1.65. The number of nitrogens with one attached hydrogen (secondary N) is 1. The van der Waals surface area contributed by atoms with Gasteiger partial charge in [0.25, 0.3) is 0 Å². The van der Waals surface area contributed by atoms with Crippen LogP contribution in [0, 0.1) is 5.41 Å². The van der Waals surface area contributed by atoms with Crippen molar-refractivity contribution in [3.8, 4) is 0 Å². The van der Waals surface area contributed by atoms with Gasteiger partial charge in [-0.3, -0.25) is 14.5 Å². The van der Waals surface area contributed by atoms with Crippen molar-refractivity contribution in [2.24, 2.45) is 11.1 Å². The summed E-state index contributed by atoms with van der Waals surface area (Å²) in [4.78, 5) is 28.0. The third-order valence-corrected chi connectivity index (χ3v) is 5.24. The zero-order valence-corrected chi connectivity index (χ0v) is 15.0. The largest absolute Gasteiger partial charge is 0.358 e. The maximum atomic E-state index is 12.6. The highest BCUT2D eigenvalue weighted by Crippen LogP contribution is 2.38. The number of hydrogen-bond acceptors (Lipinski definition) is 4. The van der Waals surface area contributed by atoms with Crippen LogP contribution in [-0.2, 0) is 9.59 Å². The molecule has 0 bridgehead atoms. The Balaban J connectivity index is 0.00000264. The Bertz CT molecular complexity index is 392. The van der Waals surface area contributed by atoms with Crippen LogP contribution in [0.5, 0.6) is 0 Å². The van der Waals surface area contributed by atoms with Gasteiger partial charge in [-0.1, -0.05) is 19.3 Å². The van der Waals surface area contributed by atoms with Gasteiger partial charge in [-0.2, -0.15) is 0 Å². The number of hydrogen-bond donors (Lipinski definition) is 2. The van der Waals surface area contributed by atoms with Gasteiger partial charge in [0.2, 0.25) is 11.8 Å². The lowest BCUT2D eigenvalue weighted by Gasteiger charge is -2.39. The first kappa shape index (κ1) is 20.2. The van der Waals surface area contributed by atoms with Crippen molar-refractivity contribution in [2.45, 2.75) is 38.5 Å². The summed E-state index contributed by atoms with van der Waals surface area (Å²) in [5.41, 5.74) is 6.02. The van der Waals surface area contributed by atoms with E-state index in [9.17, 15) is 9.59 Å². The fraction of sp³-hybridized carbons (Fsp3) is 0.875. The molecule has 0 atom stereocenters. The second kappa shape index (κ2) is 9.45. The molecule has 0 unspecified atom stereocenters. The average Bonchev–Trinajstić information content (AvgIpc) is 2.56. The van der Waals surface area contributed by atoms with Gasteiger partial charge in [-0.25, -0.2) is 0 Å². The van der Waals surface area contributed by atoms with Crippen molar-refractivity contribution in [3.63, 3.8) is 0 Å². The van der Waals surface area contributed by atoms with Crippen LogP contribution in [0.25, 0.3) is 0 Å². The average molecular weight is 347 g/mol. The molecule has 23 heavy (non-hydrogen) atoms. The number of piperazine rings is 1. The Morgan fingerprint density at radius 1 is 1.09 bits per heavy atom. The number of likely N-dealkylation sites (N-methyl/N-ethyl adjacent to an activating group) is 1. The van der Waals surface area contributed by atoms with Crippen molar-refractivity contribution >= 4 is 24.2 Å². The Kier molecular flexibility index (Phi) is 8.29. The summed E-state index contributed by atoms with van der Waals surface area (Å²) in [6.45, 7) is 4.02. The minimum Gasteiger partial charge on any atom is -0.358 e. The minimum atomic E-state index is 0. The fourth-order valence-electron chi connectivity index (χ4n) is 3.62. The molecule has 2 rings (SSSR count). The van der Waals surface area contributed by atoms with Crippen molar-refractivity contribution in [1.29, 1.82) is 0 Å². The van der Waals surface area contributed by atoms with Crippen LogP contribution < -0.4 is 11.1 Å². The number of rotatable bonds is 5. The molecule has 0 aromatic rings. The monoisotopic (exact) mass is 346 g/mol. The van der Waals surface area contributed by atoms with Crippen LogP contribution in [-0.4, -0.2) is 67.9 Å². The summed E-state index contributed by atoms with van der Waals surface area (Å²) in [6, 6.07) is 0. The first-order valence-electron chi connectivity index (χ1n) is 8.49. The maximum Gasteiger partial charge on any atom is 0.233 e. The van der Waals surface area contributed by atoms with Crippen LogP contribution >= 0.6 is 12.4 Å². The van der Waals surface area contributed by atoms with Crippen LogP contribution in [0.15, 0.2) is 0 Å². The van der Waals surface area contributed by atoms with E-state index in [-0.39, 0.29) is 29.6 Å². The maximum absolute atomic E-state index is 12.6. The second-order valence-electron chi connectivity index (χ2n) is 6.77. The predicted octanol–water partition coefficient (Wildman–Crippen LogP) is 0.598. The molecule has 1 heterocycles. The predicted molar refractivity (Wildman–Crippen MR) is 93.5 cm³/mol. The molecule has 0 radical (unpaired) electrons. The molecule has 2 fully saturated rings. The Labute approximate surface area is 145 Å². The molecule has 3 N–H and O–H groups in total. The molecule has 7 heteroatoms. The van der Waals surface area contributed by atoms with Crippen LogP contribution in [0.4, 0.5) is 0 Å². The van der Waals surface area contributed by atoms with Gasteiger partial charge >= 0.3 is 0 Å². The minimum absolute atomic E-state index is 0. The van der Waals surface area contributed by atoms with E-state index < -0.39 is 0 Å². The second-order valence-corrected chi connectivity index (χ2v) is 6.77. The van der Waals surface area contributed by atoms with E-state index in [1.807, 2.05) is 4.90 Å². The lowest BCUT2D eigenvalue weighted by molar-refractivity contribution is -0.136. The molecule has 2 amide bonds. The van der Waals surface area contributed by atoms with Gasteiger partial charge in [-0.15, -0.1) is 12.4 Å².